The third-order valence-electron chi connectivity index (χ3n) is 7.55. The number of amides is 2. The van der Waals surface area contributed by atoms with Crippen LogP contribution in [0.25, 0.3) is 0 Å². The van der Waals surface area contributed by atoms with E-state index in [1.54, 1.807) is 18.2 Å². The van der Waals surface area contributed by atoms with Gasteiger partial charge in [0.2, 0.25) is 11.8 Å². The summed E-state index contributed by atoms with van der Waals surface area (Å²) in [5.41, 5.74) is 2.64. The molecule has 0 saturated heterocycles. The molecule has 0 spiro atoms. The predicted molar refractivity (Wildman–Crippen MR) is 176 cm³/mol. The zero-order valence-electron chi connectivity index (χ0n) is 25.5. The Morgan fingerprint density at radius 1 is 0.889 bits per heavy atom. The maximum absolute atomic E-state index is 14.5. The van der Waals surface area contributed by atoms with E-state index >= 15 is 0 Å². The van der Waals surface area contributed by atoms with Crippen LogP contribution < -0.4 is 9.62 Å². The Morgan fingerprint density at radius 3 is 2.11 bits per heavy atom. The third kappa shape index (κ3) is 8.71. The first-order valence-corrected chi connectivity index (χ1v) is 16.5. The molecule has 0 radical (unpaired) electrons. The molecule has 0 aromatic heterocycles. The minimum absolute atomic E-state index is 0.0116. The van der Waals surface area contributed by atoms with E-state index in [0.29, 0.717) is 6.42 Å². The molecule has 0 heterocycles. The largest absolute Gasteiger partial charge is 0.352 e. The van der Waals surface area contributed by atoms with Crippen molar-refractivity contribution in [3.8, 4) is 0 Å². The number of carbonyl (C=O) groups is 2. The number of benzene rings is 4. The molecule has 4 aromatic carbocycles. The van der Waals surface area contributed by atoms with Gasteiger partial charge in [-0.25, -0.2) is 12.8 Å². The zero-order chi connectivity index (χ0) is 32.6. The summed E-state index contributed by atoms with van der Waals surface area (Å²) >= 11 is 6.07. The van der Waals surface area contributed by atoms with E-state index in [4.69, 9.17) is 11.6 Å². The van der Waals surface area contributed by atoms with Crippen LogP contribution in [0.5, 0.6) is 0 Å². The highest BCUT2D eigenvalue weighted by molar-refractivity contribution is 7.92. The van der Waals surface area contributed by atoms with Gasteiger partial charge in [-0.05, 0) is 61.7 Å². The Hall–Kier alpha value is -4.21. The minimum atomic E-state index is -4.31. The number of rotatable bonds is 13. The van der Waals surface area contributed by atoms with Crippen molar-refractivity contribution in [2.24, 2.45) is 0 Å². The highest BCUT2D eigenvalue weighted by atomic mass is 35.5. The number of sulfonamides is 1. The fourth-order valence-corrected chi connectivity index (χ4v) is 6.38. The summed E-state index contributed by atoms with van der Waals surface area (Å²) in [7, 11) is -4.31. The molecule has 0 saturated carbocycles. The number of nitrogens with zero attached hydrogens (tertiary/aromatic N) is 2. The van der Waals surface area contributed by atoms with Gasteiger partial charge in [0.1, 0.15) is 18.4 Å². The normalized spacial score (nSPS) is 12.6. The van der Waals surface area contributed by atoms with Gasteiger partial charge in [-0.15, -0.1) is 0 Å². The second kappa shape index (κ2) is 15.2. The maximum Gasteiger partial charge on any atom is 0.264 e. The molecule has 45 heavy (non-hydrogen) atoms. The molecule has 0 aliphatic heterocycles. The van der Waals surface area contributed by atoms with Gasteiger partial charge < -0.3 is 10.2 Å². The summed E-state index contributed by atoms with van der Waals surface area (Å²) < 4.78 is 43.1. The topological polar surface area (TPSA) is 86.8 Å². The summed E-state index contributed by atoms with van der Waals surface area (Å²) in [5, 5.41) is 2.72. The van der Waals surface area contributed by atoms with Crippen LogP contribution in [0.2, 0.25) is 5.02 Å². The lowest BCUT2D eigenvalue weighted by atomic mass is 10.0. The van der Waals surface area contributed by atoms with Crippen molar-refractivity contribution < 1.29 is 22.4 Å². The van der Waals surface area contributed by atoms with E-state index in [1.807, 2.05) is 75.4 Å². The number of hydrogen-bond acceptors (Lipinski definition) is 4. The van der Waals surface area contributed by atoms with Crippen LogP contribution in [0, 0.1) is 12.7 Å². The highest BCUT2D eigenvalue weighted by Gasteiger charge is 2.35. The summed E-state index contributed by atoms with van der Waals surface area (Å²) in [6, 6.07) is 26.9. The van der Waals surface area contributed by atoms with E-state index in [2.05, 4.69) is 5.32 Å². The number of anilines is 1. The second-order valence-corrected chi connectivity index (χ2v) is 13.2. The van der Waals surface area contributed by atoms with Crippen molar-refractivity contribution in [1.82, 2.24) is 10.2 Å². The SMILES string of the molecule is CC[C@@H](C)NC(=O)[C@@H](Cc1ccccc1)N(Cc1ccc(C)cc1)C(=O)CN(c1ccc(F)c(Cl)c1)S(=O)(=O)c1ccccc1. The number of nitrogens with one attached hydrogen (secondary N) is 1. The molecule has 236 valence electrons. The number of halogens is 2. The van der Waals surface area contributed by atoms with Gasteiger partial charge >= 0.3 is 0 Å². The van der Waals surface area contributed by atoms with Gasteiger partial charge in [0.05, 0.1) is 15.6 Å². The Morgan fingerprint density at radius 2 is 1.51 bits per heavy atom. The average molecular weight is 650 g/mol. The standard InChI is InChI=1S/C35H37ClFN3O4S/c1-4-26(3)38-35(42)33(21-27-11-7-5-8-12-27)39(23-28-17-15-25(2)16-18-28)34(41)24-40(29-19-20-32(37)31(36)22-29)45(43,44)30-13-9-6-10-14-30/h5-20,22,26,33H,4,21,23-24H2,1-3H3,(H,38,42)/t26-,33-/m1/s1. The van der Waals surface area contributed by atoms with Crippen LogP contribution in [0.3, 0.4) is 0 Å². The molecule has 2 amide bonds. The molecular weight excluding hydrogens is 613 g/mol. The number of aryl methyl sites for hydroxylation is 1. The molecule has 0 fully saturated rings. The third-order valence-corrected chi connectivity index (χ3v) is 9.62. The van der Waals surface area contributed by atoms with E-state index in [-0.39, 0.29) is 40.5 Å². The predicted octanol–water partition coefficient (Wildman–Crippen LogP) is 6.54. The quantitative estimate of drug-likeness (QED) is 0.178. The molecule has 2 atom stereocenters. The zero-order valence-corrected chi connectivity index (χ0v) is 27.1. The van der Waals surface area contributed by atoms with Crippen LogP contribution in [-0.4, -0.2) is 43.8 Å². The lowest BCUT2D eigenvalue weighted by Gasteiger charge is -2.34. The Kier molecular flexibility index (Phi) is 11.4. The minimum Gasteiger partial charge on any atom is -0.352 e. The fraction of sp³-hybridized carbons (Fsp3) is 0.257. The van der Waals surface area contributed by atoms with Crippen molar-refractivity contribution in [3.63, 3.8) is 0 Å². The van der Waals surface area contributed by atoms with Crippen molar-refractivity contribution in [1.29, 1.82) is 0 Å². The fourth-order valence-electron chi connectivity index (χ4n) is 4.77. The van der Waals surface area contributed by atoms with Gasteiger partial charge in [0.25, 0.3) is 10.0 Å². The molecule has 1 N–H and O–H groups in total. The summed E-state index contributed by atoms with van der Waals surface area (Å²) in [4.78, 5) is 29.7. The van der Waals surface area contributed by atoms with Gasteiger partial charge in [-0.1, -0.05) is 96.9 Å². The monoisotopic (exact) mass is 649 g/mol. The number of hydrogen-bond donors (Lipinski definition) is 1. The second-order valence-electron chi connectivity index (χ2n) is 11.0. The molecule has 0 unspecified atom stereocenters. The van der Waals surface area contributed by atoms with Crippen molar-refractivity contribution >= 4 is 39.1 Å². The van der Waals surface area contributed by atoms with Crippen LogP contribution in [0.1, 0.15) is 37.0 Å². The van der Waals surface area contributed by atoms with Crippen molar-refractivity contribution in [3.05, 3.63) is 131 Å². The van der Waals surface area contributed by atoms with E-state index in [9.17, 15) is 22.4 Å². The van der Waals surface area contributed by atoms with Crippen LogP contribution in [0.15, 0.2) is 108 Å². The van der Waals surface area contributed by atoms with Crippen LogP contribution in [-0.2, 0) is 32.6 Å². The Bertz CT molecular complexity index is 1700. The van der Waals surface area contributed by atoms with E-state index < -0.39 is 34.3 Å². The lowest BCUT2D eigenvalue weighted by Crippen LogP contribution is -2.54. The maximum atomic E-state index is 14.5. The first-order valence-electron chi connectivity index (χ1n) is 14.7. The molecular formula is C35H37ClFN3O4S. The van der Waals surface area contributed by atoms with Gasteiger partial charge in [-0.2, -0.15) is 0 Å². The molecule has 0 aliphatic carbocycles. The molecule has 7 nitrogen and oxygen atoms in total. The van der Waals surface area contributed by atoms with Gasteiger partial charge in [0.15, 0.2) is 0 Å². The highest BCUT2D eigenvalue weighted by Crippen LogP contribution is 2.28. The van der Waals surface area contributed by atoms with Crippen LogP contribution >= 0.6 is 11.6 Å². The summed E-state index contributed by atoms with van der Waals surface area (Å²) in [6.07, 6.45) is 0.888. The van der Waals surface area contributed by atoms with E-state index in [1.165, 1.54) is 29.2 Å². The molecule has 0 bridgehead atoms. The molecule has 4 rings (SSSR count). The van der Waals surface area contributed by atoms with Gasteiger partial charge in [0, 0.05) is 19.0 Å². The molecule has 0 aliphatic rings. The summed E-state index contributed by atoms with van der Waals surface area (Å²) in [5.74, 6) is -1.69. The Labute approximate surface area is 269 Å². The number of carbonyl (C=O) groups excluding carboxylic acids is 2. The average Bonchev–Trinajstić information content (AvgIpc) is 3.04. The first kappa shape index (κ1) is 33.7. The van der Waals surface area contributed by atoms with Gasteiger partial charge in [-0.3, -0.25) is 13.9 Å². The van der Waals surface area contributed by atoms with E-state index in [0.717, 1.165) is 27.1 Å². The van der Waals surface area contributed by atoms with Crippen molar-refractivity contribution in [2.75, 3.05) is 10.8 Å². The summed E-state index contributed by atoms with van der Waals surface area (Å²) in [6.45, 7) is 5.17. The molecule has 10 heteroatoms. The van der Waals surface area contributed by atoms with Crippen molar-refractivity contribution in [2.45, 2.75) is 57.1 Å². The molecule has 4 aromatic rings. The lowest BCUT2D eigenvalue weighted by molar-refractivity contribution is -0.140. The smallest absolute Gasteiger partial charge is 0.264 e. The first-order chi connectivity index (χ1) is 21.5. The van der Waals surface area contributed by atoms with Crippen LogP contribution in [0.4, 0.5) is 10.1 Å². The Balaban J connectivity index is 1.81.